The molecule has 106 valence electrons. The number of fused-ring (bicyclic) bond motifs is 1. The average molecular weight is 310 g/mol. The summed E-state index contributed by atoms with van der Waals surface area (Å²) in [5.41, 5.74) is -0.136. The second-order valence-electron chi connectivity index (χ2n) is 4.29. The van der Waals surface area contributed by atoms with Crippen LogP contribution in [-0.4, -0.2) is 15.0 Å². The van der Waals surface area contributed by atoms with E-state index in [0.29, 0.717) is 16.5 Å². The summed E-state index contributed by atoms with van der Waals surface area (Å²) in [6.45, 7) is 0. The van der Waals surface area contributed by atoms with Crippen LogP contribution in [-0.2, 0) is 6.18 Å². The van der Waals surface area contributed by atoms with Crippen molar-refractivity contribution in [1.82, 2.24) is 15.0 Å². The normalized spacial score (nSPS) is 11.8. The van der Waals surface area contributed by atoms with Gasteiger partial charge in [-0.2, -0.15) is 13.2 Å². The molecule has 2 heterocycles. The molecule has 0 saturated heterocycles. The zero-order valence-electron chi connectivity index (χ0n) is 10.4. The van der Waals surface area contributed by atoms with Gasteiger partial charge in [0.1, 0.15) is 11.5 Å². The predicted molar refractivity (Wildman–Crippen MR) is 72.8 cm³/mol. The molecule has 21 heavy (non-hydrogen) atoms. The van der Waals surface area contributed by atoms with Crippen molar-refractivity contribution in [2.75, 3.05) is 0 Å². The van der Waals surface area contributed by atoms with Gasteiger partial charge in [-0.1, -0.05) is 17.7 Å². The number of pyridine rings is 1. The van der Waals surface area contributed by atoms with Gasteiger partial charge in [0.15, 0.2) is 0 Å². The van der Waals surface area contributed by atoms with Crippen LogP contribution in [0.1, 0.15) is 5.56 Å². The number of nitrogens with zero attached hydrogens (tertiary/aromatic N) is 3. The minimum atomic E-state index is -4.47. The van der Waals surface area contributed by atoms with Crippen molar-refractivity contribution >= 4 is 22.5 Å². The maximum absolute atomic E-state index is 13.0. The van der Waals surface area contributed by atoms with Crippen LogP contribution in [0.15, 0.2) is 42.9 Å². The molecule has 7 heteroatoms. The summed E-state index contributed by atoms with van der Waals surface area (Å²) in [5, 5.41) is 0.830. The lowest BCUT2D eigenvalue weighted by molar-refractivity contribution is -0.137. The summed E-state index contributed by atoms with van der Waals surface area (Å²) < 4.78 is 39.1. The molecule has 0 saturated carbocycles. The Bertz CT molecular complexity index is 818. The number of halogens is 4. The minimum Gasteiger partial charge on any atom is -0.256 e. The van der Waals surface area contributed by atoms with Gasteiger partial charge in [-0.15, -0.1) is 0 Å². The van der Waals surface area contributed by atoms with Gasteiger partial charge < -0.3 is 0 Å². The molecule has 1 aromatic carbocycles. The first-order chi connectivity index (χ1) is 9.97. The fourth-order valence-electron chi connectivity index (χ4n) is 2.04. The highest BCUT2D eigenvalue weighted by Gasteiger charge is 2.34. The molecule has 0 spiro atoms. The number of rotatable bonds is 1. The highest BCUT2D eigenvalue weighted by Crippen LogP contribution is 2.36. The summed E-state index contributed by atoms with van der Waals surface area (Å²) in [6.07, 6.45) is -1.89. The standard InChI is InChI=1S/C14H7ClF3N3/c15-13-9-4-3-8(6-11(9)20-7-21-13)12-10(14(16,17)18)2-1-5-19-12/h1-7H. The summed E-state index contributed by atoms with van der Waals surface area (Å²) in [6, 6.07) is 6.88. The van der Waals surface area contributed by atoms with Crippen LogP contribution in [0.25, 0.3) is 22.2 Å². The quantitative estimate of drug-likeness (QED) is 0.627. The third-order valence-electron chi connectivity index (χ3n) is 2.97. The van der Waals surface area contributed by atoms with Crippen molar-refractivity contribution in [1.29, 1.82) is 0 Å². The van der Waals surface area contributed by atoms with Crippen molar-refractivity contribution < 1.29 is 13.2 Å². The van der Waals surface area contributed by atoms with Crippen molar-refractivity contribution in [2.45, 2.75) is 6.18 Å². The topological polar surface area (TPSA) is 38.7 Å². The van der Waals surface area contributed by atoms with Crippen LogP contribution < -0.4 is 0 Å². The van der Waals surface area contributed by atoms with Crippen LogP contribution >= 0.6 is 11.6 Å². The highest BCUT2D eigenvalue weighted by atomic mass is 35.5. The predicted octanol–water partition coefficient (Wildman–Crippen LogP) is 4.36. The lowest BCUT2D eigenvalue weighted by Gasteiger charge is -2.12. The lowest BCUT2D eigenvalue weighted by atomic mass is 10.0. The average Bonchev–Trinajstić information content (AvgIpc) is 2.46. The number of aromatic nitrogens is 3. The molecule has 3 rings (SSSR count). The van der Waals surface area contributed by atoms with Crippen molar-refractivity contribution in [2.24, 2.45) is 0 Å². The third kappa shape index (κ3) is 2.54. The fraction of sp³-hybridized carbons (Fsp3) is 0.0714. The zero-order chi connectivity index (χ0) is 15.0. The van der Waals surface area contributed by atoms with Crippen LogP contribution in [0, 0.1) is 0 Å². The fourth-order valence-corrected chi connectivity index (χ4v) is 2.24. The Hall–Kier alpha value is -2.21. The molecule has 0 atom stereocenters. The van der Waals surface area contributed by atoms with Gasteiger partial charge >= 0.3 is 6.18 Å². The maximum Gasteiger partial charge on any atom is 0.418 e. The molecule has 0 fully saturated rings. The van der Waals surface area contributed by atoms with Gasteiger partial charge in [0.25, 0.3) is 0 Å². The molecule has 0 bridgehead atoms. The van der Waals surface area contributed by atoms with Crippen LogP contribution in [0.5, 0.6) is 0 Å². The van der Waals surface area contributed by atoms with E-state index in [0.717, 1.165) is 6.07 Å². The smallest absolute Gasteiger partial charge is 0.256 e. The Morgan fingerprint density at radius 1 is 1.00 bits per heavy atom. The van der Waals surface area contributed by atoms with E-state index in [1.165, 1.54) is 30.7 Å². The van der Waals surface area contributed by atoms with E-state index >= 15 is 0 Å². The number of benzene rings is 1. The Morgan fingerprint density at radius 3 is 2.57 bits per heavy atom. The first kappa shape index (κ1) is 13.8. The molecular formula is C14H7ClF3N3. The molecule has 3 aromatic rings. The Balaban J connectivity index is 2.22. The Morgan fingerprint density at radius 2 is 1.81 bits per heavy atom. The van der Waals surface area contributed by atoms with E-state index in [2.05, 4.69) is 15.0 Å². The van der Waals surface area contributed by atoms with E-state index in [1.807, 2.05) is 0 Å². The summed E-state index contributed by atoms with van der Waals surface area (Å²) >= 11 is 5.91. The molecule has 0 aliphatic heterocycles. The molecular weight excluding hydrogens is 303 g/mol. The van der Waals surface area contributed by atoms with Crippen LogP contribution in [0.2, 0.25) is 5.15 Å². The van der Waals surface area contributed by atoms with E-state index in [1.54, 1.807) is 6.07 Å². The Kier molecular flexibility index (Phi) is 3.25. The van der Waals surface area contributed by atoms with Crippen LogP contribution in [0.3, 0.4) is 0 Å². The van der Waals surface area contributed by atoms with Gasteiger partial charge in [-0.3, -0.25) is 4.98 Å². The summed E-state index contributed by atoms with van der Waals surface area (Å²) in [4.78, 5) is 11.7. The first-order valence-electron chi connectivity index (χ1n) is 5.89. The zero-order valence-corrected chi connectivity index (χ0v) is 11.2. The number of alkyl halides is 3. The van der Waals surface area contributed by atoms with Gasteiger partial charge in [0, 0.05) is 17.1 Å². The van der Waals surface area contributed by atoms with E-state index in [-0.39, 0.29) is 10.8 Å². The van der Waals surface area contributed by atoms with Crippen molar-refractivity contribution in [3.05, 3.63) is 53.6 Å². The molecule has 3 nitrogen and oxygen atoms in total. The first-order valence-corrected chi connectivity index (χ1v) is 6.27. The van der Waals surface area contributed by atoms with Crippen molar-refractivity contribution in [3.63, 3.8) is 0 Å². The molecule has 0 N–H and O–H groups in total. The maximum atomic E-state index is 13.0. The summed E-state index contributed by atoms with van der Waals surface area (Å²) in [7, 11) is 0. The van der Waals surface area contributed by atoms with Gasteiger partial charge in [0.05, 0.1) is 16.8 Å². The largest absolute Gasteiger partial charge is 0.418 e. The number of hydrogen-bond donors (Lipinski definition) is 0. The van der Waals surface area contributed by atoms with Gasteiger partial charge in [0.2, 0.25) is 0 Å². The van der Waals surface area contributed by atoms with Crippen molar-refractivity contribution in [3.8, 4) is 11.3 Å². The molecule has 0 radical (unpaired) electrons. The monoisotopic (exact) mass is 309 g/mol. The van der Waals surface area contributed by atoms with Crippen LogP contribution in [0.4, 0.5) is 13.2 Å². The second kappa shape index (κ2) is 4.96. The second-order valence-corrected chi connectivity index (χ2v) is 4.65. The Labute approximate surface area is 122 Å². The third-order valence-corrected chi connectivity index (χ3v) is 3.28. The minimum absolute atomic E-state index is 0.137. The molecule has 0 aliphatic rings. The molecule has 0 amide bonds. The number of hydrogen-bond acceptors (Lipinski definition) is 3. The molecule has 2 aromatic heterocycles. The van der Waals surface area contributed by atoms with E-state index in [4.69, 9.17) is 11.6 Å². The van der Waals surface area contributed by atoms with Gasteiger partial charge in [-0.25, -0.2) is 9.97 Å². The molecule has 0 aliphatic carbocycles. The SMILES string of the molecule is FC(F)(F)c1cccnc1-c1ccc2c(Cl)ncnc2c1. The van der Waals surface area contributed by atoms with E-state index < -0.39 is 11.7 Å². The van der Waals surface area contributed by atoms with E-state index in [9.17, 15) is 13.2 Å². The highest BCUT2D eigenvalue weighted by molar-refractivity contribution is 6.34. The lowest BCUT2D eigenvalue weighted by Crippen LogP contribution is -2.08. The molecule has 0 unspecified atom stereocenters. The van der Waals surface area contributed by atoms with Gasteiger partial charge in [-0.05, 0) is 24.3 Å². The summed E-state index contributed by atoms with van der Waals surface area (Å²) in [5.74, 6) is 0.